The van der Waals surface area contributed by atoms with Crippen molar-refractivity contribution in [2.45, 2.75) is 38.6 Å². The van der Waals surface area contributed by atoms with Gasteiger partial charge in [-0.15, -0.1) is 0 Å². The van der Waals surface area contributed by atoms with E-state index in [4.69, 9.17) is 15.2 Å². The Morgan fingerprint density at radius 2 is 2.12 bits per heavy atom. The summed E-state index contributed by atoms with van der Waals surface area (Å²) in [5.41, 5.74) is 6.20. The van der Waals surface area contributed by atoms with Crippen LogP contribution >= 0.6 is 0 Å². The number of carbonyl (C=O) groups is 1. The molecule has 130 valence electrons. The molecule has 1 aliphatic rings. The Labute approximate surface area is 141 Å². The van der Waals surface area contributed by atoms with Crippen molar-refractivity contribution in [2.24, 2.45) is 10.7 Å². The number of hydrogen-bond donors (Lipinski definition) is 1. The van der Waals surface area contributed by atoms with Gasteiger partial charge in [-0.05, 0) is 38.0 Å². The molecule has 2 rings (SSSR count). The zero-order chi connectivity index (χ0) is 17.5. The van der Waals surface area contributed by atoms with Crippen LogP contribution in [0.5, 0.6) is 5.75 Å². The molecule has 0 atom stereocenters. The minimum absolute atomic E-state index is 0.0931. The molecule has 6 heteroatoms. The fourth-order valence-electron chi connectivity index (χ4n) is 2.75. The number of rotatable bonds is 6. The lowest BCUT2D eigenvalue weighted by Crippen LogP contribution is -2.18. The lowest BCUT2D eigenvalue weighted by molar-refractivity contribution is -0.138. The van der Waals surface area contributed by atoms with Crippen LogP contribution in [0.25, 0.3) is 0 Å². The summed E-state index contributed by atoms with van der Waals surface area (Å²) in [5.74, 6) is -0.773. The third-order valence-corrected chi connectivity index (χ3v) is 3.90. The van der Waals surface area contributed by atoms with E-state index in [1.165, 1.54) is 19.3 Å². The summed E-state index contributed by atoms with van der Waals surface area (Å²) in [6.07, 6.45) is 5.43. The summed E-state index contributed by atoms with van der Waals surface area (Å²) in [5, 5.41) is 0. The molecule has 0 saturated heterocycles. The van der Waals surface area contributed by atoms with E-state index in [2.05, 4.69) is 4.99 Å². The Kier molecular flexibility index (Phi) is 6.35. The average molecular weight is 334 g/mol. The standard InChI is InChI=1S/C18H23FN2O3/c1-3-24-18(22)14(20)11-15(21-12-7-4-5-8-12)17-13(19)9-6-10-16(17)23-2/h6,9-12H,3-5,7-8,20H2,1-2H3. The molecule has 1 saturated carbocycles. The second-order valence-electron chi connectivity index (χ2n) is 5.59. The van der Waals surface area contributed by atoms with E-state index in [0.29, 0.717) is 11.5 Å². The van der Waals surface area contributed by atoms with Crippen LogP contribution in [-0.2, 0) is 9.53 Å². The molecule has 2 N–H and O–H groups in total. The lowest BCUT2D eigenvalue weighted by Gasteiger charge is -2.13. The first-order valence-electron chi connectivity index (χ1n) is 8.11. The van der Waals surface area contributed by atoms with Crippen molar-refractivity contribution >= 4 is 11.7 Å². The van der Waals surface area contributed by atoms with E-state index in [9.17, 15) is 9.18 Å². The first-order chi connectivity index (χ1) is 11.6. The van der Waals surface area contributed by atoms with Gasteiger partial charge in [-0.3, -0.25) is 4.99 Å². The Balaban J connectivity index is 2.48. The van der Waals surface area contributed by atoms with Crippen molar-refractivity contribution in [3.63, 3.8) is 0 Å². The molecule has 0 aliphatic heterocycles. The maximum atomic E-state index is 14.4. The van der Waals surface area contributed by atoms with Crippen LogP contribution in [0.15, 0.2) is 35.0 Å². The van der Waals surface area contributed by atoms with E-state index in [1.807, 2.05) is 0 Å². The Morgan fingerprint density at radius 3 is 2.75 bits per heavy atom. The van der Waals surface area contributed by atoms with Crippen LogP contribution < -0.4 is 10.5 Å². The summed E-state index contributed by atoms with van der Waals surface area (Å²) < 4.78 is 24.6. The normalized spacial score (nSPS) is 16.3. The molecule has 0 bridgehead atoms. The fraction of sp³-hybridized carbons (Fsp3) is 0.444. The van der Waals surface area contributed by atoms with Gasteiger partial charge in [0.1, 0.15) is 17.3 Å². The second-order valence-corrected chi connectivity index (χ2v) is 5.59. The van der Waals surface area contributed by atoms with Gasteiger partial charge in [-0.2, -0.15) is 0 Å². The van der Waals surface area contributed by atoms with Crippen LogP contribution in [0.2, 0.25) is 0 Å². The minimum atomic E-state index is -0.646. The maximum absolute atomic E-state index is 14.4. The minimum Gasteiger partial charge on any atom is -0.496 e. The molecule has 0 aromatic heterocycles. The molecule has 0 heterocycles. The van der Waals surface area contributed by atoms with Crippen molar-refractivity contribution in [1.29, 1.82) is 0 Å². The summed E-state index contributed by atoms with van der Waals surface area (Å²) >= 11 is 0. The van der Waals surface area contributed by atoms with Gasteiger partial charge in [0, 0.05) is 0 Å². The van der Waals surface area contributed by atoms with Crippen LogP contribution in [-0.4, -0.2) is 31.4 Å². The Morgan fingerprint density at radius 1 is 1.42 bits per heavy atom. The number of benzene rings is 1. The number of carbonyl (C=O) groups excluding carboxylic acids is 1. The van der Waals surface area contributed by atoms with Gasteiger partial charge in [-0.25, -0.2) is 9.18 Å². The van der Waals surface area contributed by atoms with Gasteiger partial charge in [0.05, 0.1) is 31.0 Å². The summed E-state index contributed by atoms with van der Waals surface area (Å²) in [6.45, 7) is 1.91. The first kappa shape index (κ1) is 18.0. The maximum Gasteiger partial charge on any atom is 0.354 e. The van der Waals surface area contributed by atoms with Gasteiger partial charge >= 0.3 is 5.97 Å². The quantitative estimate of drug-likeness (QED) is 0.493. The smallest absolute Gasteiger partial charge is 0.354 e. The highest BCUT2D eigenvalue weighted by Gasteiger charge is 2.20. The third-order valence-electron chi connectivity index (χ3n) is 3.90. The van der Waals surface area contributed by atoms with Crippen molar-refractivity contribution in [3.05, 3.63) is 41.4 Å². The molecule has 24 heavy (non-hydrogen) atoms. The highest BCUT2D eigenvalue weighted by atomic mass is 19.1. The molecule has 0 radical (unpaired) electrons. The number of nitrogens with zero attached hydrogens (tertiary/aromatic N) is 1. The van der Waals surface area contributed by atoms with Crippen molar-refractivity contribution in [1.82, 2.24) is 0 Å². The number of halogens is 1. The molecule has 1 aliphatic carbocycles. The van der Waals surface area contributed by atoms with Crippen molar-refractivity contribution < 1.29 is 18.7 Å². The summed E-state index contributed by atoms with van der Waals surface area (Å²) in [4.78, 5) is 16.4. The van der Waals surface area contributed by atoms with Gasteiger partial charge in [0.25, 0.3) is 0 Å². The highest BCUT2D eigenvalue weighted by Crippen LogP contribution is 2.26. The van der Waals surface area contributed by atoms with Gasteiger partial charge in [0.15, 0.2) is 0 Å². The van der Waals surface area contributed by atoms with Crippen molar-refractivity contribution in [2.75, 3.05) is 13.7 Å². The highest BCUT2D eigenvalue weighted by molar-refractivity contribution is 6.13. The zero-order valence-electron chi connectivity index (χ0n) is 14.0. The number of esters is 1. The molecular formula is C18H23FN2O3. The van der Waals surface area contributed by atoms with E-state index >= 15 is 0 Å². The van der Waals surface area contributed by atoms with Crippen molar-refractivity contribution in [3.8, 4) is 5.75 Å². The molecule has 1 aromatic carbocycles. The number of methoxy groups -OCH3 is 1. The van der Waals surface area contributed by atoms with Crippen LogP contribution in [0.1, 0.15) is 38.2 Å². The predicted octanol–water partition coefficient (Wildman–Crippen LogP) is 2.97. The first-order valence-corrected chi connectivity index (χ1v) is 8.11. The SMILES string of the molecule is CCOC(=O)C(N)=CC(=NC1CCCC1)c1c(F)cccc1OC. The molecule has 0 amide bonds. The Hall–Kier alpha value is -2.37. The Bertz CT molecular complexity index is 650. The molecule has 0 spiro atoms. The average Bonchev–Trinajstić information content (AvgIpc) is 3.07. The molecule has 0 unspecified atom stereocenters. The number of nitrogens with two attached hydrogens (primary N) is 1. The van der Waals surface area contributed by atoms with Crippen LogP contribution in [0.4, 0.5) is 4.39 Å². The number of ether oxygens (including phenoxy) is 2. The van der Waals surface area contributed by atoms with Gasteiger partial charge in [-0.1, -0.05) is 18.9 Å². The van der Waals surface area contributed by atoms with Crippen LogP contribution in [0, 0.1) is 5.82 Å². The second kappa shape index (κ2) is 8.47. The number of allylic oxidation sites excluding steroid dienone is 1. The predicted molar refractivity (Wildman–Crippen MR) is 90.6 cm³/mol. The molecular weight excluding hydrogens is 311 g/mol. The van der Waals surface area contributed by atoms with E-state index in [-0.39, 0.29) is 23.9 Å². The molecule has 1 fully saturated rings. The zero-order valence-corrected chi connectivity index (χ0v) is 14.0. The van der Waals surface area contributed by atoms with E-state index in [0.717, 1.165) is 25.7 Å². The van der Waals surface area contributed by atoms with Gasteiger partial charge in [0.2, 0.25) is 0 Å². The molecule has 1 aromatic rings. The number of aliphatic imine (C=N–C) groups is 1. The lowest BCUT2D eigenvalue weighted by atomic mass is 10.1. The topological polar surface area (TPSA) is 73.9 Å². The third kappa shape index (κ3) is 4.34. The summed E-state index contributed by atoms with van der Waals surface area (Å²) in [7, 11) is 1.46. The van der Waals surface area contributed by atoms with E-state index < -0.39 is 11.8 Å². The monoisotopic (exact) mass is 334 g/mol. The largest absolute Gasteiger partial charge is 0.496 e. The number of hydrogen-bond acceptors (Lipinski definition) is 5. The fourth-order valence-corrected chi connectivity index (χ4v) is 2.75. The molecule has 5 nitrogen and oxygen atoms in total. The van der Waals surface area contributed by atoms with Crippen LogP contribution in [0.3, 0.4) is 0 Å². The van der Waals surface area contributed by atoms with E-state index in [1.54, 1.807) is 19.1 Å². The summed E-state index contributed by atoms with van der Waals surface area (Å²) in [6, 6.07) is 4.63. The van der Waals surface area contributed by atoms with Gasteiger partial charge < -0.3 is 15.2 Å².